The van der Waals surface area contributed by atoms with Gasteiger partial charge in [-0.3, -0.25) is 9.88 Å². The molecule has 8 nitrogen and oxygen atoms in total. The Bertz CT molecular complexity index is 998. The second kappa shape index (κ2) is 6.77. The van der Waals surface area contributed by atoms with E-state index in [9.17, 15) is 14.7 Å². The van der Waals surface area contributed by atoms with Crippen molar-refractivity contribution in [1.29, 1.82) is 0 Å². The van der Waals surface area contributed by atoms with Gasteiger partial charge in [0.05, 0.1) is 22.6 Å². The number of nitrogens with zero attached hydrogens (tertiary/aromatic N) is 2. The molecule has 1 heterocycles. The topological polar surface area (TPSA) is 130 Å². The summed E-state index contributed by atoms with van der Waals surface area (Å²) in [6.07, 6.45) is 0.304. The van der Waals surface area contributed by atoms with E-state index in [0.717, 1.165) is 5.56 Å². The molecular weight excluding hydrogens is 360 g/mol. The molecule has 1 amide bonds. The number of rotatable bonds is 4. The van der Waals surface area contributed by atoms with Crippen LogP contribution in [-0.4, -0.2) is 31.8 Å². The van der Waals surface area contributed by atoms with Crippen LogP contribution < -0.4 is 11.1 Å². The van der Waals surface area contributed by atoms with Crippen molar-refractivity contribution in [1.82, 2.24) is 9.55 Å². The molecule has 132 valence electrons. The standard InChI is InChI=1S/C17H13ClN4O4/c18-11-4-1-9(2-5-11)13-8-22(16(19)20-13)14-7-10(15(23)24)3-6-12(14)21-17(25)26/h1-8,21H,(H2,19,20)(H,23,24)(H,25,26). The van der Waals surface area contributed by atoms with E-state index in [4.69, 9.17) is 22.4 Å². The van der Waals surface area contributed by atoms with Crippen LogP contribution in [0.3, 0.4) is 0 Å². The molecule has 26 heavy (non-hydrogen) atoms. The number of amides is 1. The maximum atomic E-state index is 11.3. The van der Waals surface area contributed by atoms with E-state index in [1.54, 1.807) is 30.5 Å². The Labute approximate surface area is 152 Å². The van der Waals surface area contributed by atoms with E-state index < -0.39 is 12.1 Å². The monoisotopic (exact) mass is 372 g/mol. The zero-order valence-corrected chi connectivity index (χ0v) is 13.9. The Balaban J connectivity index is 2.13. The van der Waals surface area contributed by atoms with Crippen LogP contribution in [0.1, 0.15) is 10.4 Å². The van der Waals surface area contributed by atoms with Crippen LogP contribution in [0.15, 0.2) is 48.7 Å². The summed E-state index contributed by atoms with van der Waals surface area (Å²) in [4.78, 5) is 26.5. The van der Waals surface area contributed by atoms with Gasteiger partial charge in [0.25, 0.3) is 0 Å². The Morgan fingerprint density at radius 1 is 1.12 bits per heavy atom. The minimum Gasteiger partial charge on any atom is -0.478 e. The fourth-order valence-corrected chi connectivity index (χ4v) is 2.56. The number of carboxylic acid groups (broad SMARTS) is 2. The first-order chi connectivity index (χ1) is 12.3. The van der Waals surface area contributed by atoms with Crippen LogP contribution in [0, 0.1) is 0 Å². The summed E-state index contributed by atoms with van der Waals surface area (Å²) < 4.78 is 1.42. The van der Waals surface area contributed by atoms with Gasteiger partial charge >= 0.3 is 12.1 Å². The number of nitrogen functional groups attached to an aromatic ring is 1. The molecule has 1 aromatic heterocycles. The minimum absolute atomic E-state index is 0.0166. The molecule has 0 spiro atoms. The van der Waals surface area contributed by atoms with Gasteiger partial charge in [0.2, 0.25) is 5.95 Å². The van der Waals surface area contributed by atoms with Gasteiger partial charge in [-0.2, -0.15) is 0 Å². The molecule has 0 saturated carbocycles. The van der Waals surface area contributed by atoms with Crippen molar-refractivity contribution in [2.75, 3.05) is 11.1 Å². The van der Waals surface area contributed by atoms with Crippen LogP contribution in [0.4, 0.5) is 16.4 Å². The normalized spacial score (nSPS) is 10.5. The lowest BCUT2D eigenvalue weighted by Gasteiger charge is -2.12. The number of benzene rings is 2. The lowest BCUT2D eigenvalue weighted by atomic mass is 10.1. The van der Waals surface area contributed by atoms with Crippen molar-refractivity contribution in [2.24, 2.45) is 0 Å². The van der Waals surface area contributed by atoms with Gasteiger partial charge in [-0.05, 0) is 30.3 Å². The number of halogens is 1. The maximum absolute atomic E-state index is 11.3. The molecule has 3 aromatic rings. The van der Waals surface area contributed by atoms with Gasteiger partial charge in [-0.25, -0.2) is 14.6 Å². The van der Waals surface area contributed by atoms with E-state index in [1.807, 2.05) is 0 Å². The smallest absolute Gasteiger partial charge is 0.409 e. The first kappa shape index (κ1) is 17.3. The molecule has 0 atom stereocenters. The second-order valence-corrected chi connectivity index (χ2v) is 5.76. The van der Waals surface area contributed by atoms with Crippen LogP contribution in [-0.2, 0) is 0 Å². The molecule has 5 N–H and O–H groups in total. The molecule has 0 bridgehead atoms. The van der Waals surface area contributed by atoms with Crippen LogP contribution >= 0.6 is 11.6 Å². The number of hydrogen-bond acceptors (Lipinski definition) is 4. The van der Waals surface area contributed by atoms with Gasteiger partial charge in [0.1, 0.15) is 0 Å². The number of imidazole rings is 1. The molecule has 0 fully saturated rings. The van der Waals surface area contributed by atoms with E-state index in [-0.39, 0.29) is 22.9 Å². The molecule has 2 aromatic carbocycles. The van der Waals surface area contributed by atoms with Crippen molar-refractivity contribution >= 4 is 35.3 Å². The van der Waals surface area contributed by atoms with Crippen LogP contribution in [0.2, 0.25) is 5.02 Å². The minimum atomic E-state index is -1.29. The average molecular weight is 373 g/mol. The number of carboxylic acids is 1. The number of aromatic carboxylic acids is 1. The van der Waals surface area contributed by atoms with Gasteiger partial charge in [-0.1, -0.05) is 23.7 Å². The SMILES string of the molecule is Nc1nc(-c2ccc(Cl)cc2)cn1-c1cc(C(=O)O)ccc1NC(=O)O. The molecule has 0 saturated heterocycles. The van der Waals surface area contributed by atoms with Crippen LogP contribution in [0.25, 0.3) is 16.9 Å². The number of nitrogens with two attached hydrogens (primary N) is 1. The van der Waals surface area contributed by atoms with Crippen molar-refractivity contribution in [3.63, 3.8) is 0 Å². The second-order valence-electron chi connectivity index (χ2n) is 5.33. The molecule has 0 radical (unpaired) electrons. The lowest BCUT2D eigenvalue weighted by molar-refractivity contribution is 0.0697. The summed E-state index contributed by atoms with van der Waals surface area (Å²) >= 11 is 5.88. The third-order valence-electron chi connectivity index (χ3n) is 3.62. The fourth-order valence-electron chi connectivity index (χ4n) is 2.43. The van der Waals surface area contributed by atoms with E-state index in [1.165, 1.54) is 22.8 Å². The zero-order chi connectivity index (χ0) is 18.8. The number of carbonyl (C=O) groups is 2. The predicted octanol–water partition coefficient (Wildman–Crippen LogP) is 3.56. The van der Waals surface area contributed by atoms with Crippen LogP contribution in [0.5, 0.6) is 0 Å². The highest BCUT2D eigenvalue weighted by Crippen LogP contribution is 2.28. The first-order valence-corrected chi connectivity index (χ1v) is 7.71. The number of nitrogens with one attached hydrogen (secondary N) is 1. The molecule has 3 rings (SSSR count). The number of hydrogen-bond donors (Lipinski definition) is 4. The zero-order valence-electron chi connectivity index (χ0n) is 13.2. The third-order valence-corrected chi connectivity index (χ3v) is 3.87. The van der Waals surface area contributed by atoms with E-state index in [0.29, 0.717) is 10.7 Å². The summed E-state index contributed by atoms with van der Waals surface area (Å²) in [5.41, 5.74) is 7.66. The van der Waals surface area contributed by atoms with Gasteiger partial charge < -0.3 is 15.9 Å². The van der Waals surface area contributed by atoms with Crippen molar-refractivity contribution in [3.05, 3.63) is 59.2 Å². The molecule has 0 unspecified atom stereocenters. The Kier molecular flexibility index (Phi) is 4.51. The third kappa shape index (κ3) is 3.45. The summed E-state index contributed by atoms with van der Waals surface area (Å²) in [6, 6.07) is 10.9. The largest absolute Gasteiger partial charge is 0.478 e. The molecule has 9 heteroatoms. The Morgan fingerprint density at radius 3 is 2.42 bits per heavy atom. The van der Waals surface area contributed by atoms with E-state index in [2.05, 4.69) is 10.3 Å². The molecule has 0 aliphatic carbocycles. The van der Waals surface area contributed by atoms with Gasteiger partial charge in [0.15, 0.2) is 0 Å². The van der Waals surface area contributed by atoms with E-state index >= 15 is 0 Å². The molecular formula is C17H13ClN4O4. The first-order valence-electron chi connectivity index (χ1n) is 7.33. The number of anilines is 2. The summed E-state index contributed by atoms with van der Waals surface area (Å²) in [5.74, 6) is -1.07. The summed E-state index contributed by atoms with van der Waals surface area (Å²) in [6.45, 7) is 0. The quantitative estimate of drug-likeness (QED) is 0.553. The highest BCUT2D eigenvalue weighted by molar-refractivity contribution is 6.30. The van der Waals surface area contributed by atoms with Crippen molar-refractivity contribution < 1.29 is 19.8 Å². The predicted molar refractivity (Wildman–Crippen MR) is 97.0 cm³/mol. The van der Waals surface area contributed by atoms with Gasteiger partial charge in [-0.15, -0.1) is 0 Å². The highest BCUT2D eigenvalue weighted by atomic mass is 35.5. The van der Waals surface area contributed by atoms with Gasteiger partial charge in [0, 0.05) is 16.8 Å². The Morgan fingerprint density at radius 2 is 1.81 bits per heavy atom. The summed E-state index contributed by atoms with van der Waals surface area (Å²) in [7, 11) is 0. The van der Waals surface area contributed by atoms with Crippen molar-refractivity contribution in [3.8, 4) is 16.9 Å². The lowest BCUT2D eigenvalue weighted by Crippen LogP contribution is -2.12. The molecule has 0 aliphatic heterocycles. The number of aromatic nitrogens is 2. The average Bonchev–Trinajstić information content (AvgIpc) is 2.97. The highest BCUT2D eigenvalue weighted by Gasteiger charge is 2.16. The van der Waals surface area contributed by atoms with Crippen molar-refractivity contribution in [2.45, 2.75) is 0 Å². The fraction of sp³-hybridized carbons (Fsp3) is 0. The maximum Gasteiger partial charge on any atom is 0.409 e. The Hall–Kier alpha value is -3.52. The molecule has 0 aliphatic rings. The summed E-state index contributed by atoms with van der Waals surface area (Å²) in [5, 5.41) is 21.0.